The van der Waals surface area contributed by atoms with E-state index in [2.05, 4.69) is 15.2 Å². The van der Waals surface area contributed by atoms with Crippen molar-refractivity contribution in [3.8, 4) is 5.69 Å². The second-order valence-corrected chi connectivity index (χ2v) is 9.70. The van der Waals surface area contributed by atoms with Crippen LogP contribution < -0.4 is 22.5 Å². The Morgan fingerprint density at radius 1 is 1.06 bits per heavy atom. The maximum atomic E-state index is 12.6. The summed E-state index contributed by atoms with van der Waals surface area (Å²) in [5, 5.41) is 2.74. The lowest BCUT2D eigenvalue weighted by atomic mass is 9.61. The van der Waals surface area contributed by atoms with E-state index >= 15 is 0 Å². The Bertz CT molecular complexity index is 1030. The summed E-state index contributed by atoms with van der Waals surface area (Å²) in [6.07, 6.45) is 5.68. The number of nitrogens with zero attached hydrogens (tertiary/aromatic N) is 4. The number of hydrogen-bond donors (Lipinski definition) is 3. The van der Waals surface area contributed by atoms with E-state index in [1.165, 1.54) is 10.1 Å². The fourth-order valence-corrected chi connectivity index (χ4v) is 5.21. The first-order valence-corrected chi connectivity index (χ1v) is 11.4. The average Bonchev–Trinajstić information content (AvgIpc) is 2.72. The first-order chi connectivity index (χ1) is 15.4. The van der Waals surface area contributed by atoms with Crippen molar-refractivity contribution in [2.24, 2.45) is 16.9 Å². The number of hydrogen-bond acceptors (Lipinski definition) is 6. The molecule has 0 unspecified atom stereocenters. The van der Waals surface area contributed by atoms with Crippen LogP contribution in [-0.2, 0) is 6.54 Å². The van der Waals surface area contributed by atoms with Crippen LogP contribution >= 0.6 is 0 Å². The summed E-state index contributed by atoms with van der Waals surface area (Å²) >= 11 is 0. The number of urea groups is 1. The molecule has 170 valence electrons. The standard InChI is InChI=1S/C23H31N7O2/c24-17-5-8-28(9-6-17)13-16-1-3-19(4-2-16)30-10-7-20(27-22(30)32)26-21(31)29-14-23(15-29)11-18(25)12-23/h1-4,7,10,17-18H,5-6,8-9,11-15,24-25H2,(H,26,27,31,32). The molecule has 1 aromatic heterocycles. The Balaban J connectivity index is 1.18. The number of likely N-dealkylation sites (tertiary alicyclic amines) is 2. The van der Waals surface area contributed by atoms with Crippen molar-refractivity contribution in [2.75, 3.05) is 31.5 Å². The molecule has 2 aromatic rings. The van der Waals surface area contributed by atoms with Crippen LogP contribution in [0, 0.1) is 5.41 Å². The van der Waals surface area contributed by atoms with Gasteiger partial charge in [0.2, 0.25) is 0 Å². The summed E-state index contributed by atoms with van der Waals surface area (Å²) in [6.45, 7) is 4.37. The first kappa shape index (κ1) is 21.1. The molecule has 3 heterocycles. The molecule has 3 fully saturated rings. The molecule has 2 aliphatic heterocycles. The van der Waals surface area contributed by atoms with Gasteiger partial charge in [0.15, 0.2) is 0 Å². The van der Waals surface area contributed by atoms with Gasteiger partial charge in [-0.05, 0) is 62.5 Å². The number of benzene rings is 1. The van der Waals surface area contributed by atoms with E-state index in [0.717, 1.165) is 64.1 Å². The summed E-state index contributed by atoms with van der Waals surface area (Å²) in [7, 11) is 0. The molecular formula is C23H31N7O2. The Morgan fingerprint density at radius 3 is 2.38 bits per heavy atom. The SMILES string of the molecule is NC1CCN(Cc2ccc(-n3ccc(NC(=O)N4CC5(CC(N)C5)C4)nc3=O)cc2)CC1. The lowest BCUT2D eigenvalue weighted by molar-refractivity contribution is -0.0418. The Labute approximate surface area is 187 Å². The monoisotopic (exact) mass is 437 g/mol. The maximum Gasteiger partial charge on any atom is 0.354 e. The molecular weight excluding hydrogens is 406 g/mol. The third-order valence-electron chi connectivity index (χ3n) is 7.02. The molecule has 2 amide bonds. The molecule has 1 spiro atoms. The molecule has 1 aliphatic carbocycles. The smallest absolute Gasteiger partial charge is 0.328 e. The quantitative estimate of drug-likeness (QED) is 0.659. The number of piperidine rings is 1. The number of amides is 2. The molecule has 9 heteroatoms. The van der Waals surface area contributed by atoms with Gasteiger partial charge in [-0.25, -0.2) is 9.59 Å². The van der Waals surface area contributed by atoms with Gasteiger partial charge in [-0.3, -0.25) is 14.8 Å². The molecule has 5 rings (SSSR count). The van der Waals surface area contributed by atoms with Gasteiger partial charge in [0.05, 0.1) is 5.69 Å². The number of anilines is 1. The van der Waals surface area contributed by atoms with Crippen molar-refractivity contribution in [3.63, 3.8) is 0 Å². The van der Waals surface area contributed by atoms with Crippen LogP contribution in [0.1, 0.15) is 31.2 Å². The van der Waals surface area contributed by atoms with Crippen LogP contribution in [0.25, 0.3) is 5.69 Å². The van der Waals surface area contributed by atoms with Gasteiger partial charge in [-0.15, -0.1) is 0 Å². The lowest BCUT2D eigenvalue weighted by Gasteiger charge is -2.58. The lowest BCUT2D eigenvalue weighted by Crippen LogP contribution is -2.67. The van der Waals surface area contributed by atoms with Gasteiger partial charge in [0.25, 0.3) is 0 Å². The van der Waals surface area contributed by atoms with E-state index in [1.54, 1.807) is 17.2 Å². The molecule has 0 atom stereocenters. The number of carbonyl (C=O) groups excluding carboxylic acids is 1. The van der Waals surface area contributed by atoms with Crippen LogP contribution in [0.5, 0.6) is 0 Å². The maximum absolute atomic E-state index is 12.6. The minimum Gasteiger partial charge on any atom is -0.328 e. The molecule has 32 heavy (non-hydrogen) atoms. The van der Waals surface area contributed by atoms with Crippen LogP contribution in [0.4, 0.5) is 10.6 Å². The Hall–Kier alpha value is -2.75. The molecule has 2 saturated heterocycles. The van der Waals surface area contributed by atoms with E-state index in [9.17, 15) is 9.59 Å². The fraction of sp³-hybridized carbons (Fsp3) is 0.522. The fourth-order valence-electron chi connectivity index (χ4n) is 5.21. The van der Waals surface area contributed by atoms with Gasteiger partial charge in [0.1, 0.15) is 5.82 Å². The minimum absolute atomic E-state index is 0.219. The van der Waals surface area contributed by atoms with E-state index in [0.29, 0.717) is 6.04 Å². The number of aromatic nitrogens is 2. The Morgan fingerprint density at radius 2 is 1.75 bits per heavy atom. The summed E-state index contributed by atoms with van der Waals surface area (Å²) in [6, 6.07) is 9.96. The minimum atomic E-state index is -0.425. The zero-order chi connectivity index (χ0) is 22.3. The molecule has 1 aromatic carbocycles. The van der Waals surface area contributed by atoms with Gasteiger partial charge >= 0.3 is 11.7 Å². The van der Waals surface area contributed by atoms with E-state index in [4.69, 9.17) is 11.5 Å². The van der Waals surface area contributed by atoms with Crippen LogP contribution in [0.2, 0.25) is 0 Å². The number of rotatable bonds is 4. The van der Waals surface area contributed by atoms with Crippen LogP contribution in [0.15, 0.2) is 41.3 Å². The topological polar surface area (TPSA) is 123 Å². The molecule has 9 nitrogen and oxygen atoms in total. The van der Waals surface area contributed by atoms with Gasteiger partial charge < -0.3 is 16.4 Å². The largest absolute Gasteiger partial charge is 0.354 e. The number of carbonyl (C=O) groups is 1. The predicted octanol–water partition coefficient (Wildman–Crippen LogP) is 1.11. The van der Waals surface area contributed by atoms with Crippen molar-refractivity contribution >= 4 is 11.8 Å². The van der Waals surface area contributed by atoms with Crippen molar-refractivity contribution in [3.05, 3.63) is 52.6 Å². The molecule has 1 saturated carbocycles. The highest BCUT2D eigenvalue weighted by Gasteiger charge is 2.52. The number of nitrogens with two attached hydrogens (primary N) is 2. The summed E-state index contributed by atoms with van der Waals surface area (Å²) < 4.78 is 1.48. The van der Waals surface area contributed by atoms with Gasteiger partial charge in [0, 0.05) is 43.3 Å². The zero-order valence-electron chi connectivity index (χ0n) is 18.2. The second-order valence-electron chi connectivity index (χ2n) is 9.70. The van der Waals surface area contributed by atoms with Crippen LogP contribution in [0.3, 0.4) is 0 Å². The van der Waals surface area contributed by atoms with Crippen molar-refractivity contribution in [2.45, 2.75) is 44.3 Å². The average molecular weight is 438 g/mol. The van der Waals surface area contributed by atoms with Crippen molar-refractivity contribution in [1.82, 2.24) is 19.4 Å². The highest BCUT2D eigenvalue weighted by atomic mass is 16.2. The Kier molecular flexibility index (Phi) is 5.48. The van der Waals surface area contributed by atoms with E-state index in [1.807, 2.05) is 24.3 Å². The third-order valence-corrected chi connectivity index (χ3v) is 7.02. The van der Waals surface area contributed by atoms with Crippen molar-refractivity contribution < 1.29 is 4.79 Å². The molecule has 0 radical (unpaired) electrons. The van der Waals surface area contributed by atoms with E-state index in [-0.39, 0.29) is 23.3 Å². The summed E-state index contributed by atoms with van der Waals surface area (Å²) in [5.41, 5.74) is 13.6. The normalized spacial score (nSPS) is 21.2. The highest BCUT2D eigenvalue weighted by molar-refractivity contribution is 5.89. The molecule has 0 bridgehead atoms. The van der Waals surface area contributed by atoms with Gasteiger partial charge in [-0.1, -0.05) is 12.1 Å². The van der Waals surface area contributed by atoms with E-state index < -0.39 is 5.69 Å². The zero-order valence-corrected chi connectivity index (χ0v) is 18.2. The summed E-state index contributed by atoms with van der Waals surface area (Å²) in [4.78, 5) is 33.2. The predicted molar refractivity (Wildman–Crippen MR) is 123 cm³/mol. The molecule has 3 aliphatic rings. The highest BCUT2D eigenvalue weighted by Crippen LogP contribution is 2.47. The van der Waals surface area contributed by atoms with Gasteiger partial charge in [-0.2, -0.15) is 4.98 Å². The molecule has 5 N–H and O–H groups in total. The first-order valence-electron chi connectivity index (χ1n) is 11.4. The number of nitrogens with one attached hydrogen (secondary N) is 1. The van der Waals surface area contributed by atoms with Crippen molar-refractivity contribution in [1.29, 1.82) is 0 Å². The summed E-state index contributed by atoms with van der Waals surface area (Å²) in [5.74, 6) is 0.266. The second kappa shape index (κ2) is 8.31. The van der Waals surface area contributed by atoms with Crippen LogP contribution in [-0.4, -0.2) is 63.6 Å². The third kappa shape index (κ3) is 4.28.